The Morgan fingerprint density at radius 1 is 1.20 bits per heavy atom. The molecule has 80 valence electrons. The van der Waals surface area contributed by atoms with Crippen molar-refractivity contribution in [1.29, 1.82) is 0 Å². The minimum Gasteiger partial charge on any atom is -0.303 e. The molecule has 0 spiro atoms. The second-order valence-electron chi connectivity index (χ2n) is 3.60. The minimum absolute atomic E-state index is 0.618. The highest BCUT2D eigenvalue weighted by Crippen LogP contribution is 2.13. The zero-order valence-corrected chi connectivity index (χ0v) is 9.28. The van der Waals surface area contributed by atoms with Crippen LogP contribution >= 0.6 is 0 Å². The highest BCUT2D eigenvalue weighted by molar-refractivity contribution is 5.55. The van der Waals surface area contributed by atoms with Crippen molar-refractivity contribution in [1.82, 2.24) is 0 Å². The zero-order valence-electron chi connectivity index (χ0n) is 9.28. The summed E-state index contributed by atoms with van der Waals surface area (Å²) in [7, 11) is 0. The maximum absolute atomic E-state index is 10.2. The number of allylic oxidation sites excluding steroid dienone is 1. The second kappa shape index (κ2) is 6.99. The number of benzene rings is 1. The Bertz CT molecular complexity index is 326. The van der Waals surface area contributed by atoms with Gasteiger partial charge in [0, 0.05) is 6.42 Å². The summed E-state index contributed by atoms with van der Waals surface area (Å²) >= 11 is 0. The maximum Gasteiger partial charge on any atom is 0.120 e. The van der Waals surface area contributed by atoms with Gasteiger partial charge in [-0.1, -0.05) is 49.8 Å². The van der Waals surface area contributed by atoms with Crippen molar-refractivity contribution in [2.24, 2.45) is 0 Å². The summed E-state index contributed by atoms with van der Waals surface area (Å²) in [6, 6.07) is 8.43. The summed E-state index contributed by atoms with van der Waals surface area (Å²) in [5.41, 5.74) is 2.67. The lowest BCUT2D eigenvalue weighted by atomic mass is 10.0. The van der Waals surface area contributed by atoms with Crippen LogP contribution in [0.1, 0.15) is 37.3 Å². The molecule has 0 bridgehead atoms. The molecule has 0 saturated carbocycles. The van der Waals surface area contributed by atoms with Crippen molar-refractivity contribution in [3.05, 3.63) is 41.5 Å². The minimum atomic E-state index is 0.618. The molecule has 0 radical (unpaired) electrons. The van der Waals surface area contributed by atoms with Crippen LogP contribution in [0.5, 0.6) is 0 Å². The quantitative estimate of drug-likeness (QED) is 0.508. The summed E-state index contributed by atoms with van der Waals surface area (Å²) in [5.74, 6) is 0. The highest BCUT2D eigenvalue weighted by atomic mass is 16.1. The van der Waals surface area contributed by atoms with E-state index < -0.39 is 0 Å². The molecular weight excluding hydrogens is 184 g/mol. The Morgan fingerprint density at radius 3 is 2.73 bits per heavy atom. The fourth-order valence-electron chi connectivity index (χ4n) is 1.57. The molecule has 0 amide bonds. The Hall–Kier alpha value is -1.37. The molecule has 0 N–H and O–H groups in total. The van der Waals surface area contributed by atoms with Crippen molar-refractivity contribution >= 4 is 12.4 Å². The van der Waals surface area contributed by atoms with E-state index in [2.05, 4.69) is 43.3 Å². The molecule has 1 heteroatoms. The highest BCUT2D eigenvalue weighted by Gasteiger charge is 1.95. The molecule has 0 saturated heterocycles. The second-order valence-corrected chi connectivity index (χ2v) is 3.60. The van der Waals surface area contributed by atoms with Gasteiger partial charge in [-0.3, -0.25) is 0 Å². The van der Waals surface area contributed by atoms with Crippen molar-refractivity contribution in [3.63, 3.8) is 0 Å². The van der Waals surface area contributed by atoms with Crippen LogP contribution in [0.15, 0.2) is 30.3 Å². The van der Waals surface area contributed by atoms with Crippen molar-refractivity contribution in [2.75, 3.05) is 0 Å². The van der Waals surface area contributed by atoms with Gasteiger partial charge in [-0.05, 0) is 24.0 Å². The summed E-state index contributed by atoms with van der Waals surface area (Å²) in [4.78, 5) is 10.2. The number of aldehydes is 1. The Morgan fingerprint density at radius 2 is 2.00 bits per heavy atom. The van der Waals surface area contributed by atoms with Gasteiger partial charge in [-0.15, -0.1) is 0 Å². The molecule has 0 aromatic heterocycles. The first-order chi connectivity index (χ1) is 7.38. The monoisotopic (exact) mass is 202 g/mol. The average molecular weight is 202 g/mol. The molecule has 1 aromatic carbocycles. The standard InChI is InChI=1S/C14H18O/c1-2-8-13-10-5-6-11-14(13)9-4-3-7-12-15/h4-6,9-12H,2-3,7-8H2,1H3/b9-4+. The third kappa shape index (κ3) is 4.11. The van der Waals surface area contributed by atoms with Gasteiger partial charge in [-0.25, -0.2) is 0 Å². The van der Waals surface area contributed by atoms with E-state index in [9.17, 15) is 4.79 Å². The summed E-state index contributed by atoms with van der Waals surface area (Å²) in [6.07, 6.45) is 8.89. The molecule has 0 aliphatic rings. The first kappa shape index (κ1) is 11.7. The van der Waals surface area contributed by atoms with E-state index in [1.54, 1.807) is 0 Å². The first-order valence-electron chi connectivity index (χ1n) is 5.56. The predicted molar refractivity (Wildman–Crippen MR) is 64.8 cm³/mol. The number of carbonyl (C=O) groups is 1. The summed E-state index contributed by atoms with van der Waals surface area (Å²) < 4.78 is 0. The Kier molecular flexibility index (Phi) is 5.46. The lowest BCUT2D eigenvalue weighted by Gasteiger charge is -2.03. The smallest absolute Gasteiger partial charge is 0.120 e. The summed E-state index contributed by atoms with van der Waals surface area (Å²) in [5, 5.41) is 0. The third-order valence-corrected chi connectivity index (χ3v) is 2.32. The molecule has 1 nitrogen and oxygen atoms in total. The average Bonchev–Trinajstić information content (AvgIpc) is 2.27. The maximum atomic E-state index is 10.2. The molecule has 1 rings (SSSR count). The molecule has 0 atom stereocenters. The third-order valence-electron chi connectivity index (χ3n) is 2.32. The Labute approximate surface area is 91.8 Å². The van der Waals surface area contributed by atoms with E-state index >= 15 is 0 Å². The predicted octanol–water partition coefficient (Wildman–Crippen LogP) is 3.63. The van der Waals surface area contributed by atoms with Gasteiger partial charge in [-0.2, -0.15) is 0 Å². The molecule has 0 aliphatic carbocycles. The number of unbranched alkanes of at least 4 members (excludes halogenated alkanes) is 1. The fraction of sp³-hybridized carbons (Fsp3) is 0.357. The van der Waals surface area contributed by atoms with Gasteiger partial charge in [0.2, 0.25) is 0 Å². The van der Waals surface area contributed by atoms with Crippen molar-refractivity contribution in [3.8, 4) is 0 Å². The van der Waals surface area contributed by atoms with Gasteiger partial charge < -0.3 is 4.79 Å². The molecule has 0 fully saturated rings. The van der Waals surface area contributed by atoms with Gasteiger partial charge in [0.1, 0.15) is 6.29 Å². The van der Waals surface area contributed by atoms with Crippen LogP contribution in [0.2, 0.25) is 0 Å². The topological polar surface area (TPSA) is 17.1 Å². The van der Waals surface area contributed by atoms with Crippen LogP contribution in [0, 0.1) is 0 Å². The number of rotatable bonds is 6. The lowest BCUT2D eigenvalue weighted by molar-refractivity contribution is -0.107. The Balaban J connectivity index is 2.65. The SMILES string of the molecule is CCCc1ccccc1/C=C/CCC=O. The van der Waals surface area contributed by atoms with Crippen LogP contribution in [0.3, 0.4) is 0 Å². The van der Waals surface area contributed by atoms with E-state index in [4.69, 9.17) is 0 Å². The van der Waals surface area contributed by atoms with Gasteiger partial charge in [0.05, 0.1) is 0 Å². The van der Waals surface area contributed by atoms with Crippen LogP contribution in [-0.2, 0) is 11.2 Å². The molecule has 0 unspecified atom stereocenters. The van der Waals surface area contributed by atoms with E-state index in [1.807, 2.05) is 0 Å². The van der Waals surface area contributed by atoms with Gasteiger partial charge in [0.25, 0.3) is 0 Å². The fourth-order valence-corrected chi connectivity index (χ4v) is 1.57. The number of carbonyl (C=O) groups excluding carboxylic acids is 1. The molecule has 0 aliphatic heterocycles. The largest absolute Gasteiger partial charge is 0.303 e. The normalized spacial score (nSPS) is 10.7. The van der Waals surface area contributed by atoms with Crippen LogP contribution in [0.4, 0.5) is 0 Å². The first-order valence-corrected chi connectivity index (χ1v) is 5.56. The molecule has 15 heavy (non-hydrogen) atoms. The molecule has 0 heterocycles. The summed E-state index contributed by atoms with van der Waals surface area (Å²) in [6.45, 7) is 2.19. The van der Waals surface area contributed by atoms with E-state index in [0.717, 1.165) is 19.1 Å². The van der Waals surface area contributed by atoms with Crippen LogP contribution in [-0.4, -0.2) is 6.29 Å². The number of hydrogen-bond acceptors (Lipinski definition) is 1. The van der Waals surface area contributed by atoms with E-state index in [0.29, 0.717) is 6.42 Å². The molecule has 1 aromatic rings. The molecular formula is C14H18O. The lowest BCUT2D eigenvalue weighted by Crippen LogP contribution is -1.87. The van der Waals surface area contributed by atoms with Crippen molar-refractivity contribution < 1.29 is 4.79 Å². The van der Waals surface area contributed by atoms with Crippen molar-refractivity contribution in [2.45, 2.75) is 32.6 Å². The van der Waals surface area contributed by atoms with Gasteiger partial charge >= 0.3 is 0 Å². The zero-order chi connectivity index (χ0) is 10.9. The number of hydrogen-bond donors (Lipinski definition) is 0. The van der Waals surface area contributed by atoms with Crippen LogP contribution in [0.25, 0.3) is 6.08 Å². The van der Waals surface area contributed by atoms with Crippen LogP contribution < -0.4 is 0 Å². The van der Waals surface area contributed by atoms with E-state index in [-0.39, 0.29) is 0 Å². The van der Waals surface area contributed by atoms with E-state index in [1.165, 1.54) is 17.5 Å². The van der Waals surface area contributed by atoms with Gasteiger partial charge in [0.15, 0.2) is 0 Å². The number of aryl methyl sites for hydroxylation is 1.